The number of methoxy groups -OCH3 is 1. The van der Waals surface area contributed by atoms with E-state index in [1.807, 2.05) is 18.1 Å². The van der Waals surface area contributed by atoms with Gasteiger partial charge in [-0.1, -0.05) is 26.0 Å². The van der Waals surface area contributed by atoms with Gasteiger partial charge in [0.15, 0.2) is 0 Å². The second kappa shape index (κ2) is 6.02. The molecule has 2 heterocycles. The van der Waals surface area contributed by atoms with Crippen molar-refractivity contribution in [2.75, 3.05) is 14.2 Å². The zero-order chi connectivity index (χ0) is 21.6. The molecule has 4 nitrogen and oxygen atoms in total. The maximum Gasteiger partial charge on any atom is 0.226 e. The Bertz CT molecular complexity index is 1040. The zero-order valence-electron chi connectivity index (χ0n) is 19.3. The van der Waals surface area contributed by atoms with Crippen LogP contribution in [0.4, 0.5) is 0 Å². The zero-order valence-corrected chi connectivity index (χ0v) is 19.3. The number of nitrogens with zero attached hydrogens (tertiary/aromatic N) is 2. The minimum Gasteiger partial charge on any atom is -0.495 e. The van der Waals surface area contributed by atoms with Crippen molar-refractivity contribution < 1.29 is 9.53 Å². The van der Waals surface area contributed by atoms with Gasteiger partial charge in [0.25, 0.3) is 0 Å². The molecular weight excluding hydrogens is 384 g/mol. The number of allylic oxidation sites excluding steroid dienone is 4. The minimum atomic E-state index is 0.133. The molecule has 2 saturated carbocycles. The summed E-state index contributed by atoms with van der Waals surface area (Å²) in [5, 5.41) is 0. The highest BCUT2D eigenvalue weighted by Gasteiger charge is 2.81. The fourth-order valence-corrected chi connectivity index (χ4v) is 8.90. The molecule has 6 rings (SSSR count). The predicted molar refractivity (Wildman–Crippen MR) is 121 cm³/mol. The average Bonchev–Trinajstić information content (AvgIpc) is 3.37. The Morgan fingerprint density at radius 1 is 1.16 bits per heavy atom. The Morgan fingerprint density at radius 3 is 2.81 bits per heavy atom. The fourth-order valence-electron chi connectivity index (χ4n) is 8.90. The Balaban J connectivity index is 1.40. The highest BCUT2D eigenvalue weighted by atomic mass is 16.5. The van der Waals surface area contributed by atoms with Gasteiger partial charge in [-0.3, -0.25) is 9.78 Å². The van der Waals surface area contributed by atoms with Crippen molar-refractivity contribution >= 4 is 11.5 Å². The van der Waals surface area contributed by atoms with Crippen molar-refractivity contribution in [2.45, 2.75) is 65.2 Å². The topological polar surface area (TPSA) is 42.4 Å². The van der Waals surface area contributed by atoms with E-state index in [-0.39, 0.29) is 10.8 Å². The van der Waals surface area contributed by atoms with Gasteiger partial charge in [0.1, 0.15) is 5.75 Å². The maximum absolute atomic E-state index is 12.6. The monoisotopic (exact) mass is 418 g/mol. The van der Waals surface area contributed by atoms with Crippen LogP contribution in [0, 0.1) is 27.6 Å². The van der Waals surface area contributed by atoms with Crippen molar-refractivity contribution in [1.82, 2.24) is 9.88 Å². The van der Waals surface area contributed by atoms with Crippen molar-refractivity contribution in [3.05, 3.63) is 41.9 Å². The van der Waals surface area contributed by atoms with Gasteiger partial charge in [0, 0.05) is 30.8 Å². The summed E-state index contributed by atoms with van der Waals surface area (Å²) in [5.74, 6) is 1.81. The van der Waals surface area contributed by atoms with Crippen LogP contribution >= 0.6 is 0 Å². The van der Waals surface area contributed by atoms with Gasteiger partial charge in [-0.05, 0) is 84.3 Å². The van der Waals surface area contributed by atoms with Gasteiger partial charge >= 0.3 is 0 Å². The van der Waals surface area contributed by atoms with Crippen LogP contribution in [0.3, 0.4) is 0 Å². The summed E-state index contributed by atoms with van der Waals surface area (Å²) in [6, 6.07) is 2.16. The van der Waals surface area contributed by atoms with Crippen LogP contribution in [0.25, 0.3) is 5.57 Å². The van der Waals surface area contributed by atoms with Crippen LogP contribution in [-0.4, -0.2) is 29.9 Å². The summed E-state index contributed by atoms with van der Waals surface area (Å²) >= 11 is 0. The molecule has 4 heteroatoms. The van der Waals surface area contributed by atoms with Crippen LogP contribution < -0.4 is 4.74 Å². The number of rotatable bonds is 2. The molecule has 31 heavy (non-hydrogen) atoms. The average molecular weight is 419 g/mol. The van der Waals surface area contributed by atoms with Gasteiger partial charge in [0.2, 0.25) is 5.91 Å². The van der Waals surface area contributed by atoms with Gasteiger partial charge in [-0.25, -0.2) is 0 Å². The SMILES string of the molecule is COc1cncc(C2=CCC3C2(C)CCC24CC32CC=C2N(C)C(=O)CCCC24C)c1. The first-order chi connectivity index (χ1) is 14.8. The molecule has 5 aliphatic rings. The quantitative estimate of drug-likeness (QED) is 0.627. The first-order valence-corrected chi connectivity index (χ1v) is 12.0. The van der Waals surface area contributed by atoms with Crippen LogP contribution in [0.2, 0.25) is 0 Å². The first kappa shape index (κ1) is 19.6. The van der Waals surface area contributed by atoms with E-state index < -0.39 is 0 Å². The summed E-state index contributed by atoms with van der Waals surface area (Å²) in [7, 11) is 3.73. The van der Waals surface area contributed by atoms with Gasteiger partial charge in [0.05, 0.1) is 13.3 Å². The van der Waals surface area contributed by atoms with E-state index in [2.05, 4.69) is 37.0 Å². The first-order valence-electron chi connectivity index (χ1n) is 12.0. The molecule has 5 atom stereocenters. The number of fused-ring (bicyclic) bond motifs is 2. The predicted octanol–water partition coefficient (Wildman–Crippen LogP) is 5.61. The molecular formula is C27H34N2O2. The van der Waals surface area contributed by atoms with Crippen molar-refractivity contribution in [2.24, 2.45) is 27.6 Å². The minimum absolute atomic E-state index is 0.133. The summed E-state index contributed by atoms with van der Waals surface area (Å²) in [5.41, 5.74) is 5.12. The second-order valence-electron chi connectivity index (χ2n) is 11.3. The number of carbonyl (C=O) groups excluding carboxylic acids is 1. The number of likely N-dealkylation sites (tertiary alicyclic amines) is 1. The van der Waals surface area contributed by atoms with Gasteiger partial charge in [-0.2, -0.15) is 0 Å². The van der Waals surface area contributed by atoms with E-state index in [1.54, 1.807) is 13.3 Å². The van der Waals surface area contributed by atoms with Gasteiger partial charge in [-0.15, -0.1) is 0 Å². The lowest BCUT2D eigenvalue weighted by Gasteiger charge is -2.56. The molecule has 0 spiro atoms. The standard InChI is InChI=1S/C27H34N2O2/c1-24-12-13-27-17-26(27,11-9-22-25(27,2)10-5-6-23(30)29(22)3)21(24)8-7-20(24)18-14-19(31-4)16-28-15-18/h7,9,14-16,21H,5-6,8,10-13,17H2,1-4H3. The normalized spacial score (nSPS) is 43.0. The molecule has 0 radical (unpaired) electrons. The molecule has 5 unspecified atom stereocenters. The molecule has 0 aromatic carbocycles. The highest BCUT2D eigenvalue weighted by Crippen LogP contribution is 2.88. The number of hydrogen-bond acceptors (Lipinski definition) is 3. The van der Waals surface area contributed by atoms with Gasteiger partial charge < -0.3 is 9.64 Å². The molecule has 1 aromatic heterocycles. The summed E-state index contributed by atoms with van der Waals surface area (Å²) in [6.07, 6.45) is 17.8. The summed E-state index contributed by atoms with van der Waals surface area (Å²) < 4.78 is 5.47. The third kappa shape index (κ3) is 2.17. The number of pyridine rings is 1. The van der Waals surface area contributed by atoms with Crippen molar-refractivity contribution in [1.29, 1.82) is 0 Å². The number of carbonyl (C=O) groups is 1. The van der Waals surface area contributed by atoms with E-state index in [0.29, 0.717) is 29.1 Å². The van der Waals surface area contributed by atoms with E-state index in [9.17, 15) is 4.79 Å². The lowest BCUT2D eigenvalue weighted by atomic mass is 9.49. The number of amides is 1. The molecule has 0 N–H and O–H groups in total. The van der Waals surface area contributed by atoms with Crippen LogP contribution in [0.15, 0.2) is 36.3 Å². The number of hydrogen-bond donors (Lipinski definition) is 0. The summed E-state index contributed by atoms with van der Waals surface area (Å²) in [6.45, 7) is 5.00. The lowest BCUT2D eigenvalue weighted by Crippen LogP contribution is -2.50. The lowest BCUT2D eigenvalue weighted by molar-refractivity contribution is -0.128. The van der Waals surface area contributed by atoms with E-state index in [0.717, 1.165) is 25.0 Å². The molecule has 164 valence electrons. The largest absolute Gasteiger partial charge is 0.495 e. The molecule has 0 bridgehead atoms. The third-order valence-corrected chi connectivity index (χ3v) is 10.5. The second-order valence-corrected chi connectivity index (χ2v) is 11.3. The molecule has 1 saturated heterocycles. The molecule has 1 aliphatic heterocycles. The Morgan fingerprint density at radius 2 is 2.00 bits per heavy atom. The third-order valence-electron chi connectivity index (χ3n) is 10.5. The molecule has 4 aliphatic carbocycles. The summed E-state index contributed by atoms with van der Waals surface area (Å²) in [4.78, 5) is 19.1. The highest BCUT2D eigenvalue weighted by molar-refractivity contribution is 5.79. The smallest absolute Gasteiger partial charge is 0.226 e. The number of aromatic nitrogens is 1. The van der Waals surface area contributed by atoms with Crippen LogP contribution in [-0.2, 0) is 4.79 Å². The fraction of sp³-hybridized carbons (Fsp3) is 0.630. The van der Waals surface area contributed by atoms with E-state index in [4.69, 9.17) is 4.74 Å². The van der Waals surface area contributed by atoms with E-state index >= 15 is 0 Å². The van der Waals surface area contributed by atoms with Crippen molar-refractivity contribution in [3.63, 3.8) is 0 Å². The number of ether oxygens (including phenoxy) is 1. The Hall–Kier alpha value is -2.10. The van der Waals surface area contributed by atoms with Crippen LogP contribution in [0.1, 0.15) is 70.8 Å². The Kier molecular flexibility index (Phi) is 3.80. The molecule has 1 amide bonds. The molecule has 1 aromatic rings. The molecule has 3 fully saturated rings. The van der Waals surface area contributed by atoms with Crippen LogP contribution in [0.5, 0.6) is 5.75 Å². The van der Waals surface area contributed by atoms with E-state index in [1.165, 1.54) is 42.5 Å². The Labute approximate surface area is 185 Å². The maximum atomic E-state index is 12.6. The van der Waals surface area contributed by atoms with Crippen molar-refractivity contribution in [3.8, 4) is 5.75 Å².